The lowest BCUT2D eigenvalue weighted by Gasteiger charge is -1.99. The van der Waals surface area contributed by atoms with Crippen LogP contribution < -0.4 is 0 Å². The standard InChI is InChI=1S/C11H11NO2/c1-14-7-8-2-3-10-9(6-13)5-12-11(10)4-8/h2-6,12H,7H2,1H3. The fourth-order valence-electron chi connectivity index (χ4n) is 1.55. The molecule has 0 unspecified atom stereocenters. The number of fused-ring (bicyclic) bond motifs is 1. The van der Waals surface area contributed by atoms with E-state index in [0.29, 0.717) is 12.2 Å². The number of aldehydes is 1. The van der Waals surface area contributed by atoms with E-state index in [1.54, 1.807) is 13.3 Å². The summed E-state index contributed by atoms with van der Waals surface area (Å²) in [6, 6.07) is 5.89. The predicted molar refractivity (Wildman–Crippen MR) is 54.4 cm³/mol. The third-order valence-corrected chi connectivity index (χ3v) is 2.22. The maximum absolute atomic E-state index is 10.6. The normalized spacial score (nSPS) is 10.6. The maximum atomic E-state index is 10.6. The summed E-state index contributed by atoms with van der Waals surface area (Å²) < 4.78 is 5.03. The summed E-state index contributed by atoms with van der Waals surface area (Å²) in [7, 11) is 1.66. The van der Waals surface area contributed by atoms with Crippen LogP contribution in [0.25, 0.3) is 10.9 Å². The van der Waals surface area contributed by atoms with Crippen LogP contribution >= 0.6 is 0 Å². The van der Waals surface area contributed by atoms with Crippen LogP contribution in [-0.4, -0.2) is 18.4 Å². The smallest absolute Gasteiger partial charge is 0.152 e. The lowest BCUT2D eigenvalue weighted by Crippen LogP contribution is -1.86. The van der Waals surface area contributed by atoms with E-state index in [1.165, 1.54) is 0 Å². The number of hydrogen-bond donors (Lipinski definition) is 1. The Labute approximate surface area is 81.7 Å². The van der Waals surface area contributed by atoms with E-state index in [2.05, 4.69) is 4.98 Å². The van der Waals surface area contributed by atoms with Gasteiger partial charge in [0, 0.05) is 29.8 Å². The van der Waals surface area contributed by atoms with Crippen LogP contribution in [-0.2, 0) is 11.3 Å². The van der Waals surface area contributed by atoms with Gasteiger partial charge in [-0.05, 0) is 11.6 Å². The number of benzene rings is 1. The Kier molecular flexibility index (Phi) is 2.33. The highest BCUT2D eigenvalue weighted by Gasteiger charge is 2.02. The first-order valence-corrected chi connectivity index (χ1v) is 4.39. The SMILES string of the molecule is COCc1ccc2c(C=O)c[nH]c2c1. The highest BCUT2D eigenvalue weighted by atomic mass is 16.5. The van der Waals surface area contributed by atoms with E-state index in [-0.39, 0.29) is 0 Å². The first kappa shape index (κ1) is 8.97. The van der Waals surface area contributed by atoms with Gasteiger partial charge in [-0.25, -0.2) is 0 Å². The molecule has 0 bridgehead atoms. The Morgan fingerprint density at radius 2 is 2.36 bits per heavy atom. The third kappa shape index (κ3) is 1.42. The van der Waals surface area contributed by atoms with Gasteiger partial charge in [0.25, 0.3) is 0 Å². The molecule has 0 amide bonds. The van der Waals surface area contributed by atoms with Crippen molar-refractivity contribution in [1.29, 1.82) is 0 Å². The van der Waals surface area contributed by atoms with Gasteiger partial charge in [-0.3, -0.25) is 4.79 Å². The minimum absolute atomic E-state index is 0.589. The van der Waals surface area contributed by atoms with Gasteiger partial charge >= 0.3 is 0 Å². The number of carbonyl (C=O) groups excluding carboxylic acids is 1. The molecule has 72 valence electrons. The highest BCUT2D eigenvalue weighted by Crippen LogP contribution is 2.18. The second-order valence-corrected chi connectivity index (χ2v) is 3.17. The van der Waals surface area contributed by atoms with Gasteiger partial charge in [0.2, 0.25) is 0 Å². The Hall–Kier alpha value is -1.61. The fourth-order valence-corrected chi connectivity index (χ4v) is 1.55. The van der Waals surface area contributed by atoms with Gasteiger partial charge in [-0.15, -0.1) is 0 Å². The number of H-pyrrole nitrogens is 1. The molecule has 0 saturated heterocycles. The number of nitrogens with one attached hydrogen (secondary N) is 1. The molecular formula is C11H11NO2. The number of aromatic amines is 1. The summed E-state index contributed by atoms with van der Waals surface area (Å²) in [6.45, 7) is 0.589. The highest BCUT2D eigenvalue weighted by molar-refractivity contribution is 5.97. The van der Waals surface area contributed by atoms with Crippen LogP contribution in [0.5, 0.6) is 0 Å². The first-order valence-electron chi connectivity index (χ1n) is 4.39. The van der Waals surface area contributed by atoms with Crippen LogP contribution in [0.1, 0.15) is 15.9 Å². The van der Waals surface area contributed by atoms with Crippen molar-refractivity contribution in [1.82, 2.24) is 4.98 Å². The van der Waals surface area contributed by atoms with Gasteiger partial charge in [-0.2, -0.15) is 0 Å². The second-order valence-electron chi connectivity index (χ2n) is 3.17. The third-order valence-electron chi connectivity index (χ3n) is 2.22. The zero-order chi connectivity index (χ0) is 9.97. The summed E-state index contributed by atoms with van der Waals surface area (Å²) in [5, 5.41) is 0.958. The molecule has 0 fully saturated rings. The van der Waals surface area contributed by atoms with Crippen LogP contribution in [0.3, 0.4) is 0 Å². The summed E-state index contributed by atoms with van der Waals surface area (Å²) in [6.07, 6.45) is 2.57. The number of methoxy groups -OCH3 is 1. The first-order chi connectivity index (χ1) is 6.85. The van der Waals surface area contributed by atoms with Crippen LogP contribution in [0.2, 0.25) is 0 Å². The van der Waals surface area contributed by atoms with E-state index in [9.17, 15) is 4.79 Å². The molecule has 1 N–H and O–H groups in total. The quantitative estimate of drug-likeness (QED) is 0.751. The molecule has 2 rings (SSSR count). The van der Waals surface area contributed by atoms with Gasteiger partial charge in [0.1, 0.15) is 0 Å². The Balaban J connectivity index is 2.51. The molecule has 3 heteroatoms. The molecule has 1 heterocycles. The Morgan fingerprint density at radius 1 is 1.50 bits per heavy atom. The van der Waals surface area contributed by atoms with E-state index in [0.717, 1.165) is 22.8 Å². The van der Waals surface area contributed by atoms with Crippen molar-refractivity contribution >= 4 is 17.2 Å². The van der Waals surface area contributed by atoms with Crippen LogP contribution in [0, 0.1) is 0 Å². The van der Waals surface area contributed by atoms with E-state index >= 15 is 0 Å². The molecule has 0 aliphatic heterocycles. The molecule has 1 aromatic heterocycles. The van der Waals surface area contributed by atoms with Gasteiger partial charge in [0.15, 0.2) is 6.29 Å². The van der Waals surface area contributed by atoms with E-state index in [4.69, 9.17) is 4.74 Å². The van der Waals surface area contributed by atoms with Crippen molar-refractivity contribution in [3.63, 3.8) is 0 Å². The molecule has 0 aliphatic carbocycles. The van der Waals surface area contributed by atoms with Crippen molar-refractivity contribution in [3.05, 3.63) is 35.5 Å². The molecule has 0 spiro atoms. The van der Waals surface area contributed by atoms with E-state index < -0.39 is 0 Å². The molecule has 0 aliphatic rings. The number of rotatable bonds is 3. The van der Waals surface area contributed by atoms with Gasteiger partial charge in [0.05, 0.1) is 6.61 Å². The van der Waals surface area contributed by atoms with Crippen molar-refractivity contribution in [3.8, 4) is 0 Å². The van der Waals surface area contributed by atoms with Crippen molar-refractivity contribution in [2.45, 2.75) is 6.61 Å². The second kappa shape index (κ2) is 3.64. The average Bonchev–Trinajstić information content (AvgIpc) is 2.60. The number of hydrogen-bond acceptors (Lipinski definition) is 2. The van der Waals surface area contributed by atoms with Gasteiger partial charge in [-0.1, -0.05) is 12.1 Å². The topological polar surface area (TPSA) is 42.1 Å². The lowest BCUT2D eigenvalue weighted by molar-refractivity contribution is 0.112. The zero-order valence-corrected chi connectivity index (χ0v) is 7.91. The summed E-state index contributed by atoms with van der Waals surface area (Å²) in [5.41, 5.74) is 2.77. The predicted octanol–water partition coefficient (Wildman–Crippen LogP) is 2.13. The molecule has 1 aromatic carbocycles. The average molecular weight is 189 g/mol. The largest absolute Gasteiger partial charge is 0.380 e. The molecule has 3 nitrogen and oxygen atoms in total. The number of ether oxygens (including phenoxy) is 1. The van der Waals surface area contributed by atoms with Crippen molar-refractivity contribution < 1.29 is 9.53 Å². The van der Waals surface area contributed by atoms with Crippen molar-refractivity contribution in [2.75, 3.05) is 7.11 Å². The minimum Gasteiger partial charge on any atom is -0.380 e. The molecule has 14 heavy (non-hydrogen) atoms. The zero-order valence-electron chi connectivity index (χ0n) is 7.91. The summed E-state index contributed by atoms with van der Waals surface area (Å²) >= 11 is 0. The Bertz CT molecular complexity index is 459. The lowest BCUT2D eigenvalue weighted by atomic mass is 10.1. The Morgan fingerprint density at radius 3 is 3.07 bits per heavy atom. The maximum Gasteiger partial charge on any atom is 0.152 e. The summed E-state index contributed by atoms with van der Waals surface area (Å²) in [5.74, 6) is 0. The summed E-state index contributed by atoms with van der Waals surface area (Å²) in [4.78, 5) is 13.7. The molecular weight excluding hydrogens is 178 g/mol. The number of aromatic nitrogens is 1. The van der Waals surface area contributed by atoms with E-state index in [1.807, 2.05) is 18.2 Å². The molecule has 0 radical (unpaired) electrons. The van der Waals surface area contributed by atoms with Crippen molar-refractivity contribution in [2.24, 2.45) is 0 Å². The fraction of sp³-hybridized carbons (Fsp3) is 0.182. The van der Waals surface area contributed by atoms with Crippen LogP contribution in [0.15, 0.2) is 24.4 Å². The van der Waals surface area contributed by atoms with Gasteiger partial charge < -0.3 is 9.72 Å². The molecule has 0 atom stereocenters. The minimum atomic E-state index is 0.589. The molecule has 0 saturated carbocycles. The molecule has 2 aromatic rings. The van der Waals surface area contributed by atoms with Crippen LogP contribution in [0.4, 0.5) is 0 Å². The number of carbonyl (C=O) groups is 1. The monoisotopic (exact) mass is 189 g/mol.